The quantitative estimate of drug-likeness (QED) is 0.225. The molecule has 0 N–H and O–H groups in total. The Balaban J connectivity index is 1.77. The van der Waals surface area contributed by atoms with Crippen LogP contribution in [0.4, 0.5) is 17.1 Å². The summed E-state index contributed by atoms with van der Waals surface area (Å²) >= 11 is 6.22. The second kappa shape index (κ2) is 8.09. The standard InChI is InChI=1S/C23H14ClN5O5/c24-15-5-3-4-14(10-15)23-18-12-27(20-9-8-16(28(31)32)11-21(20)29(33)34)25-22(18)17-6-1-2-7-19(17)26(23)13-30/h1-13,23H. The number of hydrogen-bond acceptors (Lipinski definition) is 6. The maximum atomic E-state index is 12.2. The number of carbonyl (C=O) groups is 1. The predicted molar refractivity (Wildman–Crippen MR) is 124 cm³/mol. The third-order valence-corrected chi connectivity index (χ3v) is 5.88. The van der Waals surface area contributed by atoms with Gasteiger partial charge in [0.05, 0.1) is 27.6 Å². The zero-order valence-corrected chi connectivity index (χ0v) is 18.0. The average molecular weight is 476 g/mol. The van der Waals surface area contributed by atoms with Gasteiger partial charge in [-0.3, -0.25) is 25.0 Å². The number of non-ortho nitro benzene ring substituents is 1. The van der Waals surface area contributed by atoms with Crippen LogP contribution in [-0.2, 0) is 4.79 Å². The maximum Gasteiger partial charge on any atom is 0.301 e. The Hall–Kier alpha value is -4.57. The minimum Gasteiger partial charge on any atom is -0.303 e. The van der Waals surface area contributed by atoms with Gasteiger partial charge < -0.3 is 4.90 Å². The van der Waals surface area contributed by atoms with Gasteiger partial charge >= 0.3 is 5.69 Å². The van der Waals surface area contributed by atoms with Gasteiger partial charge in [0, 0.05) is 28.4 Å². The van der Waals surface area contributed by atoms with Gasteiger partial charge in [-0.1, -0.05) is 41.9 Å². The van der Waals surface area contributed by atoms with Crippen molar-refractivity contribution in [3.8, 4) is 16.9 Å². The smallest absolute Gasteiger partial charge is 0.301 e. The normalized spacial score (nSPS) is 14.3. The third kappa shape index (κ3) is 3.37. The summed E-state index contributed by atoms with van der Waals surface area (Å²) in [7, 11) is 0. The molecule has 0 spiro atoms. The Morgan fingerprint density at radius 1 is 0.941 bits per heavy atom. The largest absolute Gasteiger partial charge is 0.303 e. The summed E-state index contributed by atoms with van der Waals surface area (Å²) < 4.78 is 1.31. The highest BCUT2D eigenvalue weighted by molar-refractivity contribution is 6.30. The summed E-state index contributed by atoms with van der Waals surface area (Å²) in [5.74, 6) is 0. The topological polar surface area (TPSA) is 124 Å². The maximum absolute atomic E-state index is 12.2. The van der Waals surface area contributed by atoms with E-state index >= 15 is 0 Å². The Kier molecular flexibility index (Phi) is 5.06. The van der Waals surface area contributed by atoms with Crippen molar-refractivity contribution < 1.29 is 14.6 Å². The Labute approximate surface area is 196 Å². The summed E-state index contributed by atoms with van der Waals surface area (Å²) in [6, 6.07) is 17.0. The fourth-order valence-corrected chi connectivity index (χ4v) is 4.41. The van der Waals surface area contributed by atoms with Gasteiger partial charge in [0.15, 0.2) is 0 Å². The van der Waals surface area contributed by atoms with Gasteiger partial charge in [0.25, 0.3) is 5.69 Å². The molecule has 3 aromatic carbocycles. The zero-order valence-electron chi connectivity index (χ0n) is 17.2. The van der Waals surface area contributed by atoms with Crippen LogP contribution in [0.5, 0.6) is 0 Å². The van der Waals surface area contributed by atoms with E-state index in [1.807, 2.05) is 6.07 Å². The first-order valence-corrected chi connectivity index (χ1v) is 10.4. The lowest BCUT2D eigenvalue weighted by Gasteiger charge is -2.34. The van der Waals surface area contributed by atoms with Gasteiger partial charge in [-0.05, 0) is 29.8 Å². The van der Waals surface area contributed by atoms with E-state index in [1.54, 1.807) is 53.6 Å². The van der Waals surface area contributed by atoms with Crippen molar-refractivity contribution in [1.29, 1.82) is 0 Å². The van der Waals surface area contributed by atoms with Crippen molar-refractivity contribution in [2.24, 2.45) is 0 Å². The van der Waals surface area contributed by atoms with Crippen LogP contribution in [0.1, 0.15) is 17.2 Å². The minimum atomic E-state index is -0.696. The fourth-order valence-electron chi connectivity index (χ4n) is 4.21. The number of fused-ring (bicyclic) bond motifs is 3. The van der Waals surface area contributed by atoms with Crippen LogP contribution in [0.2, 0.25) is 5.02 Å². The van der Waals surface area contributed by atoms with Crippen LogP contribution in [0.15, 0.2) is 72.9 Å². The van der Waals surface area contributed by atoms with Crippen LogP contribution in [0.3, 0.4) is 0 Å². The average Bonchev–Trinajstić information content (AvgIpc) is 3.27. The lowest BCUT2D eigenvalue weighted by atomic mass is 9.90. The molecule has 168 valence electrons. The molecule has 0 saturated heterocycles. The lowest BCUT2D eigenvalue weighted by Crippen LogP contribution is -2.31. The van der Waals surface area contributed by atoms with Crippen LogP contribution in [0, 0.1) is 20.2 Å². The molecule has 5 rings (SSSR count). The predicted octanol–water partition coefficient (Wildman–Crippen LogP) is 5.07. The van der Waals surface area contributed by atoms with Crippen molar-refractivity contribution in [1.82, 2.24) is 9.78 Å². The molecule has 0 aliphatic carbocycles. The van der Waals surface area contributed by atoms with Crippen molar-refractivity contribution in [2.45, 2.75) is 6.04 Å². The second-order valence-corrected chi connectivity index (χ2v) is 7.99. The number of halogens is 1. The van der Waals surface area contributed by atoms with Crippen molar-refractivity contribution in [3.05, 3.63) is 109 Å². The summed E-state index contributed by atoms with van der Waals surface area (Å²) in [6.07, 6.45) is 2.32. The Bertz CT molecular complexity index is 1480. The fraction of sp³-hybridized carbons (Fsp3) is 0.0435. The number of para-hydroxylation sites is 1. The molecule has 1 aliphatic heterocycles. The molecular weight excluding hydrogens is 462 g/mol. The van der Waals surface area contributed by atoms with Crippen molar-refractivity contribution >= 4 is 35.1 Å². The number of nitro benzene ring substituents is 2. The number of anilines is 1. The highest BCUT2D eigenvalue weighted by Crippen LogP contribution is 2.46. The summed E-state index contributed by atoms with van der Waals surface area (Å²) in [6.45, 7) is 0. The Morgan fingerprint density at radius 3 is 2.44 bits per heavy atom. The molecule has 0 radical (unpaired) electrons. The van der Waals surface area contributed by atoms with E-state index in [1.165, 1.54) is 16.8 Å². The Morgan fingerprint density at radius 2 is 1.74 bits per heavy atom. The molecule has 1 atom stereocenters. The SMILES string of the molecule is O=CN1c2ccccc2-c2nn(-c3ccc([N+](=O)[O-])cc3[N+](=O)[O-])cc2C1c1cccc(Cl)c1. The van der Waals surface area contributed by atoms with Crippen LogP contribution in [0.25, 0.3) is 16.9 Å². The first kappa shape index (κ1) is 21.3. The molecular formula is C23H14ClN5O5. The third-order valence-electron chi connectivity index (χ3n) is 5.64. The minimum absolute atomic E-state index is 0.0602. The number of aromatic nitrogens is 2. The monoisotopic (exact) mass is 475 g/mol. The van der Waals surface area contributed by atoms with E-state index in [0.29, 0.717) is 27.5 Å². The van der Waals surface area contributed by atoms with E-state index in [9.17, 15) is 25.0 Å². The number of hydrogen-bond donors (Lipinski definition) is 0. The van der Waals surface area contributed by atoms with E-state index in [2.05, 4.69) is 5.10 Å². The summed E-state index contributed by atoms with van der Waals surface area (Å²) in [5, 5.41) is 27.9. The highest BCUT2D eigenvalue weighted by Gasteiger charge is 2.35. The molecule has 0 bridgehead atoms. The molecule has 1 aromatic heterocycles. The van der Waals surface area contributed by atoms with Crippen LogP contribution >= 0.6 is 11.6 Å². The lowest BCUT2D eigenvalue weighted by molar-refractivity contribution is -0.394. The molecule has 2 heterocycles. The zero-order chi connectivity index (χ0) is 24.0. The molecule has 0 fully saturated rings. The van der Waals surface area contributed by atoms with E-state index in [0.717, 1.165) is 18.0 Å². The molecule has 10 nitrogen and oxygen atoms in total. The second-order valence-electron chi connectivity index (χ2n) is 7.55. The van der Waals surface area contributed by atoms with Crippen molar-refractivity contribution in [2.75, 3.05) is 4.90 Å². The number of nitro groups is 2. The highest BCUT2D eigenvalue weighted by atomic mass is 35.5. The van der Waals surface area contributed by atoms with Gasteiger partial charge in [-0.2, -0.15) is 5.10 Å². The molecule has 34 heavy (non-hydrogen) atoms. The van der Waals surface area contributed by atoms with E-state index < -0.39 is 27.3 Å². The van der Waals surface area contributed by atoms with E-state index in [-0.39, 0.29) is 5.69 Å². The van der Waals surface area contributed by atoms with Gasteiger partial charge in [0.1, 0.15) is 11.4 Å². The first-order valence-electron chi connectivity index (χ1n) is 10.0. The van der Waals surface area contributed by atoms with Crippen LogP contribution in [-0.4, -0.2) is 26.0 Å². The number of carbonyl (C=O) groups excluding carboxylic acids is 1. The molecule has 0 saturated carbocycles. The van der Waals surface area contributed by atoms with E-state index in [4.69, 9.17) is 11.6 Å². The molecule has 11 heteroatoms. The van der Waals surface area contributed by atoms with Crippen LogP contribution < -0.4 is 4.90 Å². The van der Waals surface area contributed by atoms with Gasteiger partial charge in [-0.25, -0.2) is 4.68 Å². The molecule has 1 aliphatic rings. The number of nitrogens with zero attached hydrogens (tertiary/aromatic N) is 5. The molecule has 4 aromatic rings. The summed E-state index contributed by atoms with van der Waals surface area (Å²) in [5.41, 5.74) is 2.38. The van der Waals surface area contributed by atoms with Gasteiger partial charge in [0.2, 0.25) is 6.41 Å². The number of amides is 1. The molecule has 1 unspecified atom stereocenters. The summed E-state index contributed by atoms with van der Waals surface area (Å²) in [4.78, 5) is 35.2. The number of rotatable bonds is 5. The number of benzene rings is 3. The first-order chi connectivity index (χ1) is 16.4. The molecule has 1 amide bonds. The van der Waals surface area contributed by atoms with Gasteiger partial charge in [-0.15, -0.1) is 0 Å². The van der Waals surface area contributed by atoms with Crippen molar-refractivity contribution in [3.63, 3.8) is 0 Å².